The third-order valence-electron chi connectivity index (χ3n) is 7.62. The van der Waals surface area contributed by atoms with Crippen molar-refractivity contribution < 1.29 is 23.7 Å². The van der Waals surface area contributed by atoms with Gasteiger partial charge in [0.15, 0.2) is 0 Å². The van der Waals surface area contributed by atoms with Crippen LogP contribution in [-0.2, 0) is 0 Å². The Bertz CT molecular complexity index is 1530. The molecule has 1 aromatic carbocycles. The fourth-order valence-electron chi connectivity index (χ4n) is 5.48. The number of nitrogens with one attached hydrogen (secondary N) is 2. The summed E-state index contributed by atoms with van der Waals surface area (Å²) < 4.78 is 30.4. The first-order valence-corrected chi connectivity index (χ1v) is 13.5. The van der Waals surface area contributed by atoms with Gasteiger partial charge in [-0.3, -0.25) is 4.98 Å². The van der Waals surface area contributed by atoms with Crippen molar-refractivity contribution in [3.05, 3.63) is 53.5 Å². The van der Waals surface area contributed by atoms with Crippen LogP contribution in [0.3, 0.4) is 0 Å². The number of hydrogen-bond acceptors (Lipinski definition) is 10. The van der Waals surface area contributed by atoms with E-state index in [2.05, 4.69) is 20.4 Å². The number of rotatable bonds is 8. The number of alkyl halides is 2. The van der Waals surface area contributed by atoms with E-state index < -0.39 is 18.3 Å². The van der Waals surface area contributed by atoms with Gasteiger partial charge in [-0.25, -0.2) is 9.97 Å². The molecule has 4 aromatic rings. The predicted octanol–water partition coefficient (Wildman–Crippen LogP) is 4.84. The zero-order valence-corrected chi connectivity index (χ0v) is 22.3. The molecule has 0 spiro atoms. The molecule has 2 saturated carbocycles. The van der Waals surface area contributed by atoms with E-state index in [1.165, 1.54) is 23.5 Å². The summed E-state index contributed by atoms with van der Waals surface area (Å²) in [6.45, 7) is 2.87. The van der Waals surface area contributed by atoms with Crippen molar-refractivity contribution in [3.8, 4) is 16.3 Å². The Morgan fingerprint density at radius 1 is 1.10 bits per heavy atom. The molecule has 0 saturated heterocycles. The highest BCUT2D eigenvalue weighted by molar-refractivity contribution is 7.21. The van der Waals surface area contributed by atoms with Crippen LogP contribution in [0, 0.1) is 19.8 Å². The van der Waals surface area contributed by atoms with Crippen LogP contribution in [-0.4, -0.2) is 54.5 Å². The van der Waals surface area contributed by atoms with Crippen LogP contribution < -0.4 is 15.4 Å². The van der Waals surface area contributed by atoms with Crippen LogP contribution in [0.1, 0.15) is 42.8 Å². The summed E-state index contributed by atoms with van der Waals surface area (Å²) in [6.07, 6.45) is 2.16. The molecule has 0 aliphatic heterocycles. The predicted molar refractivity (Wildman–Crippen MR) is 144 cm³/mol. The molecule has 2 aliphatic carbocycles. The average Bonchev–Trinajstić information content (AvgIpc) is 3.22. The molecule has 2 fully saturated rings. The van der Waals surface area contributed by atoms with Gasteiger partial charge in [0.05, 0.1) is 39.4 Å². The summed E-state index contributed by atoms with van der Waals surface area (Å²) in [6, 6.07) is 8.06. The summed E-state index contributed by atoms with van der Waals surface area (Å²) in [5.74, 6) is 0.936. The molecule has 3 aromatic heterocycles. The molecule has 204 valence electrons. The number of anilines is 2. The molecular weight excluding hydrogens is 526 g/mol. The molecule has 39 heavy (non-hydrogen) atoms. The Hall–Kier alpha value is -3.48. The summed E-state index contributed by atoms with van der Waals surface area (Å²) in [5.41, 5.74) is 2.97. The quantitative estimate of drug-likeness (QED) is 0.242. The number of aliphatic hydroxyl groups excluding tert-OH is 1. The van der Waals surface area contributed by atoms with Crippen LogP contribution >= 0.6 is 11.3 Å². The van der Waals surface area contributed by atoms with Crippen LogP contribution in [0.2, 0.25) is 0 Å². The number of benzene rings is 1. The first-order chi connectivity index (χ1) is 18.6. The smallest absolute Gasteiger partial charge is 0.387 e. The Labute approximate surface area is 227 Å². The van der Waals surface area contributed by atoms with E-state index in [0.29, 0.717) is 24.6 Å². The molecule has 5 unspecified atom stereocenters. The fourth-order valence-corrected chi connectivity index (χ4v) is 6.59. The zero-order chi connectivity index (χ0) is 27.5. The highest BCUT2D eigenvalue weighted by Crippen LogP contribution is 2.56. The van der Waals surface area contributed by atoms with E-state index in [1.807, 2.05) is 26.8 Å². The zero-order valence-electron chi connectivity index (χ0n) is 21.5. The van der Waals surface area contributed by atoms with Gasteiger partial charge in [0.1, 0.15) is 22.1 Å². The Balaban J connectivity index is 1.31. The molecule has 4 N–H and O–H groups in total. The minimum absolute atomic E-state index is 0.0677. The van der Waals surface area contributed by atoms with Crippen LogP contribution in [0.4, 0.5) is 20.5 Å². The van der Waals surface area contributed by atoms with Crippen molar-refractivity contribution in [2.75, 3.05) is 10.6 Å². The Morgan fingerprint density at radius 3 is 2.54 bits per heavy atom. The minimum Gasteiger partial charge on any atom is -0.435 e. The lowest BCUT2D eigenvalue weighted by Crippen LogP contribution is -2.26. The highest BCUT2D eigenvalue weighted by atomic mass is 32.1. The van der Waals surface area contributed by atoms with E-state index in [-0.39, 0.29) is 23.8 Å². The van der Waals surface area contributed by atoms with E-state index >= 15 is 0 Å². The standard InChI is InChI=1S/C27H28F2N6O3S/c1-12(15-4-6-17(7-5-15)38-25(28)29)31-26-32-13(2)20(24-34-21-14(3)30-9-8-19(21)39-24)23(35-26)33-16-10-18-22(36)27(18,37)11-16/h4-9,12,16,18,22,25,36-37H,10-11H2,1-3H3,(H2,31,32,33,35). The van der Waals surface area contributed by atoms with Gasteiger partial charge in [-0.15, -0.1) is 11.3 Å². The summed E-state index contributed by atoms with van der Waals surface area (Å²) >= 11 is 1.54. The first-order valence-electron chi connectivity index (χ1n) is 12.7. The molecular formula is C27H28F2N6O3S. The van der Waals surface area contributed by atoms with Crippen LogP contribution in [0.15, 0.2) is 36.5 Å². The lowest BCUT2D eigenvalue weighted by molar-refractivity contribution is -0.0498. The van der Waals surface area contributed by atoms with Crippen LogP contribution in [0.25, 0.3) is 20.8 Å². The SMILES string of the molecule is Cc1nc(NC(C)c2ccc(OC(F)F)cc2)nc(NC2CC3C(O)C3(O)C2)c1-c1nc2c(C)nccc2s1. The molecule has 0 amide bonds. The van der Waals surface area contributed by atoms with Gasteiger partial charge in [0.25, 0.3) is 0 Å². The number of halogens is 2. The molecule has 0 radical (unpaired) electrons. The summed E-state index contributed by atoms with van der Waals surface area (Å²) in [5, 5.41) is 28.2. The van der Waals surface area contributed by atoms with Gasteiger partial charge < -0.3 is 25.6 Å². The number of aryl methyl sites for hydroxylation is 2. The topological polar surface area (TPSA) is 125 Å². The van der Waals surface area contributed by atoms with Gasteiger partial charge in [-0.1, -0.05) is 12.1 Å². The second-order valence-electron chi connectivity index (χ2n) is 10.3. The maximum atomic E-state index is 12.5. The molecule has 6 rings (SSSR count). The Kier molecular flexibility index (Phi) is 6.35. The first kappa shape index (κ1) is 25.8. The molecule has 0 bridgehead atoms. The van der Waals surface area contributed by atoms with Crippen molar-refractivity contribution >= 4 is 33.3 Å². The molecule has 2 aliphatic rings. The van der Waals surface area contributed by atoms with E-state index in [1.54, 1.807) is 18.3 Å². The number of nitrogens with zero attached hydrogens (tertiary/aromatic N) is 4. The van der Waals surface area contributed by atoms with Crippen molar-refractivity contribution in [2.24, 2.45) is 5.92 Å². The monoisotopic (exact) mass is 554 g/mol. The van der Waals surface area contributed by atoms with Gasteiger partial charge in [0.2, 0.25) is 5.95 Å². The van der Waals surface area contributed by atoms with Gasteiger partial charge in [-0.05, 0) is 57.4 Å². The van der Waals surface area contributed by atoms with Crippen molar-refractivity contribution in [1.82, 2.24) is 19.9 Å². The van der Waals surface area contributed by atoms with Crippen molar-refractivity contribution in [3.63, 3.8) is 0 Å². The average molecular weight is 555 g/mol. The van der Waals surface area contributed by atoms with E-state index in [0.717, 1.165) is 37.7 Å². The van der Waals surface area contributed by atoms with E-state index in [9.17, 15) is 19.0 Å². The number of ether oxygens (including phenoxy) is 1. The lowest BCUT2D eigenvalue weighted by Gasteiger charge is -2.21. The fraction of sp³-hybridized carbons (Fsp3) is 0.407. The van der Waals surface area contributed by atoms with Crippen molar-refractivity contribution in [1.29, 1.82) is 0 Å². The maximum Gasteiger partial charge on any atom is 0.387 e. The number of hydrogen-bond donors (Lipinski definition) is 4. The number of aliphatic hydroxyl groups is 2. The summed E-state index contributed by atoms with van der Waals surface area (Å²) in [4.78, 5) is 18.8. The normalized spacial score (nSPS) is 24.6. The van der Waals surface area contributed by atoms with Crippen molar-refractivity contribution in [2.45, 2.75) is 64.0 Å². The molecule has 5 atom stereocenters. The largest absolute Gasteiger partial charge is 0.435 e. The lowest BCUT2D eigenvalue weighted by atomic mass is 10.1. The summed E-state index contributed by atoms with van der Waals surface area (Å²) in [7, 11) is 0. The number of thiazole rings is 1. The Morgan fingerprint density at radius 2 is 1.87 bits per heavy atom. The highest BCUT2D eigenvalue weighted by Gasteiger charge is 2.68. The second-order valence-corrected chi connectivity index (χ2v) is 11.3. The number of pyridine rings is 1. The number of aromatic nitrogens is 4. The molecule has 12 heteroatoms. The van der Waals surface area contributed by atoms with Gasteiger partial charge in [-0.2, -0.15) is 13.8 Å². The molecule has 3 heterocycles. The minimum atomic E-state index is -2.88. The van der Waals surface area contributed by atoms with Crippen LogP contribution in [0.5, 0.6) is 5.75 Å². The third-order valence-corrected chi connectivity index (χ3v) is 8.66. The van der Waals surface area contributed by atoms with Gasteiger partial charge in [0, 0.05) is 18.2 Å². The van der Waals surface area contributed by atoms with E-state index in [4.69, 9.17) is 15.0 Å². The third kappa shape index (κ3) is 4.77. The van der Waals surface area contributed by atoms with Gasteiger partial charge >= 0.3 is 6.61 Å². The number of fused-ring (bicyclic) bond motifs is 2. The second kappa shape index (κ2) is 9.61. The maximum absolute atomic E-state index is 12.5. The molecule has 9 nitrogen and oxygen atoms in total.